The van der Waals surface area contributed by atoms with Gasteiger partial charge in [-0.05, 0) is 95.7 Å². The average molecular weight is 820 g/mol. The molecule has 0 bridgehead atoms. The van der Waals surface area contributed by atoms with E-state index < -0.39 is 30.2 Å². The molecule has 3 aliphatic heterocycles. The maximum atomic E-state index is 13.7. The minimum Gasteiger partial charge on any atom is -0.465 e. The molecule has 3 N–H and O–H groups in total. The maximum Gasteiger partial charge on any atom is 0.407 e. The van der Waals surface area contributed by atoms with Crippen LogP contribution in [0.2, 0.25) is 0 Å². The first-order valence-corrected chi connectivity index (χ1v) is 20.5. The number of carbonyl (C=O) groups is 5. The molecule has 7 rings (SSSR count). The number of aromatic nitrogens is 2. The second-order valence-corrected chi connectivity index (χ2v) is 16.3. The zero-order chi connectivity index (χ0) is 42.8. The Labute approximate surface area is 349 Å². The fourth-order valence-electron chi connectivity index (χ4n) is 8.65. The van der Waals surface area contributed by atoms with Gasteiger partial charge in [-0.1, -0.05) is 52.0 Å². The van der Waals surface area contributed by atoms with Crippen molar-refractivity contribution in [1.82, 2.24) is 30.4 Å². The Bertz CT molecular complexity index is 2350. The third-order valence-electron chi connectivity index (χ3n) is 11.8. The summed E-state index contributed by atoms with van der Waals surface area (Å²) >= 11 is 0. The fraction of sp³-hybridized carbons (Fsp3) is 0.444. The van der Waals surface area contributed by atoms with Gasteiger partial charge >= 0.3 is 18.2 Å². The van der Waals surface area contributed by atoms with E-state index in [-0.39, 0.29) is 35.7 Å². The molecule has 3 aliphatic rings. The van der Waals surface area contributed by atoms with Crippen LogP contribution in [-0.2, 0) is 30.2 Å². The van der Waals surface area contributed by atoms with Gasteiger partial charge in [0.25, 0.3) is 0 Å². The number of hydrogen-bond donors (Lipinski definition) is 3. The van der Waals surface area contributed by atoms with E-state index in [1.54, 1.807) is 4.90 Å². The molecule has 3 aromatic carbocycles. The molecule has 15 heteroatoms. The van der Waals surface area contributed by atoms with Gasteiger partial charge in [0.15, 0.2) is 0 Å². The highest BCUT2D eigenvalue weighted by Crippen LogP contribution is 2.38. The lowest BCUT2D eigenvalue weighted by molar-refractivity contribution is -0.135. The molecule has 0 saturated carbocycles. The largest absolute Gasteiger partial charge is 0.465 e. The Morgan fingerprint density at radius 2 is 1.30 bits per heavy atom. The molecular formula is C45H53N7O8. The number of H-pyrrole nitrogens is 1. The Kier molecular flexibility index (Phi) is 12.2. The van der Waals surface area contributed by atoms with Crippen LogP contribution in [0.5, 0.6) is 0 Å². The molecule has 2 saturated heterocycles. The number of methoxy groups -OCH3 is 3. The number of nitrogens with one attached hydrogen (secondary N) is 3. The second-order valence-electron chi connectivity index (χ2n) is 16.3. The highest BCUT2D eigenvalue weighted by molar-refractivity contribution is 6.02. The van der Waals surface area contributed by atoms with Crippen LogP contribution in [0.3, 0.4) is 0 Å². The lowest BCUT2D eigenvalue weighted by atomic mass is 9.93. The minimum atomic E-state index is -0.738. The summed E-state index contributed by atoms with van der Waals surface area (Å²) in [6.45, 7) is 8.69. The number of imidazole rings is 1. The number of alkyl carbamates (subject to hydrolysis) is 2. The molecule has 4 aromatic rings. The lowest BCUT2D eigenvalue weighted by Crippen LogP contribution is -2.53. The van der Waals surface area contributed by atoms with Gasteiger partial charge in [-0.25, -0.2) is 19.4 Å². The fourth-order valence-corrected chi connectivity index (χ4v) is 8.65. The number of hydrogen-bond acceptors (Lipinski definition) is 10. The van der Waals surface area contributed by atoms with Crippen molar-refractivity contribution in [2.45, 2.75) is 84.0 Å². The number of benzene rings is 3. The van der Waals surface area contributed by atoms with Crippen LogP contribution in [0.1, 0.15) is 81.2 Å². The summed E-state index contributed by atoms with van der Waals surface area (Å²) in [6, 6.07) is 15.6. The van der Waals surface area contributed by atoms with Crippen molar-refractivity contribution in [1.29, 1.82) is 0 Å². The summed E-state index contributed by atoms with van der Waals surface area (Å²) in [4.78, 5) is 81.8. The lowest BCUT2D eigenvalue weighted by Gasteiger charge is -2.30. The topological polar surface area (TPSA) is 185 Å². The monoisotopic (exact) mass is 819 g/mol. The van der Waals surface area contributed by atoms with Gasteiger partial charge in [0.1, 0.15) is 17.9 Å². The number of likely N-dealkylation sites (tertiary alicyclic amines) is 2. The van der Waals surface area contributed by atoms with E-state index in [1.165, 1.54) is 21.3 Å². The molecule has 1 aromatic heterocycles. The molecule has 4 heterocycles. The minimum absolute atomic E-state index is 0.125. The van der Waals surface area contributed by atoms with Crippen molar-refractivity contribution >= 4 is 52.4 Å². The Hall–Kier alpha value is -6.25. The van der Waals surface area contributed by atoms with E-state index in [1.807, 2.05) is 81.1 Å². The van der Waals surface area contributed by atoms with Crippen LogP contribution in [0.25, 0.3) is 33.3 Å². The molecule has 2 fully saturated rings. The van der Waals surface area contributed by atoms with E-state index in [2.05, 4.69) is 21.7 Å². The van der Waals surface area contributed by atoms with Crippen molar-refractivity contribution < 1.29 is 38.2 Å². The smallest absolute Gasteiger partial charge is 0.407 e. The number of fused-ring (bicyclic) bond motifs is 2. The SMILES string of the molecule is COC(=O)N[C@H](C(=O)N1CCC[C@H]1C1=Nc2ccc(-c3ccc(-c4ccc5nc([C@@H]6CCCN6C(=O)[C@@H](NC(=O)OC)C(C)C)[nH]c5c4)c(C(=O)OC)c3)cc2C1)C(C)C. The van der Waals surface area contributed by atoms with Crippen molar-refractivity contribution in [3.63, 3.8) is 0 Å². The van der Waals surface area contributed by atoms with Gasteiger partial charge in [-0.2, -0.15) is 0 Å². The van der Waals surface area contributed by atoms with Gasteiger partial charge in [-0.15, -0.1) is 0 Å². The zero-order valence-corrected chi connectivity index (χ0v) is 35.2. The number of esters is 1. The normalized spacial score (nSPS) is 18.3. The molecule has 0 spiro atoms. The number of aromatic amines is 1. The number of amides is 4. The molecule has 0 radical (unpaired) electrons. The van der Waals surface area contributed by atoms with Gasteiger partial charge in [0.05, 0.1) is 55.7 Å². The third kappa shape index (κ3) is 8.30. The van der Waals surface area contributed by atoms with Crippen LogP contribution in [0.15, 0.2) is 59.6 Å². The Balaban J connectivity index is 1.11. The first-order chi connectivity index (χ1) is 28.8. The van der Waals surface area contributed by atoms with E-state index in [0.29, 0.717) is 36.5 Å². The molecule has 0 aliphatic carbocycles. The predicted molar refractivity (Wildman–Crippen MR) is 226 cm³/mol. The van der Waals surface area contributed by atoms with Crippen molar-refractivity contribution in [2.75, 3.05) is 34.4 Å². The van der Waals surface area contributed by atoms with E-state index in [4.69, 9.17) is 24.2 Å². The van der Waals surface area contributed by atoms with Crippen LogP contribution in [-0.4, -0.2) is 108 Å². The summed E-state index contributed by atoms with van der Waals surface area (Å²) in [6.07, 6.45) is 2.44. The molecular weight excluding hydrogens is 767 g/mol. The summed E-state index contributed by atoms with van der Waals surface area (Å²) in [5.41, 5.74) is 7.89. The van der Waals surface area contributed by atoms with Crippen molar-refractivity contribution in [3.05, 3.63) is 71.5 Å². The summed E-state index contributed by atoms with van der Waals surface area (Å²) in [5.74, 6) is -0.416. The van der Waals surface area contributed by atoms with Gasteiger partial charge in [0, 0.05) is 25.2 Å². The molecule has 4 amide bonds. The molecule has 316 valence electrons. The number of ether oxygens (including phenoxy) is 3. The molecule has 15 nitrogen and oxygen atoms in total. The first-order valence-electron chi connectivity index (χ1n) is 20.5. The third-order valence-corrected chi connectivity index (χ3v) is 11.8. The zero-order valence-electron chi connectivity index (χ0n) is 35.2. The Morgan fingerprint density at radius 1 is 0.717 bits per heavy atom. The van der Waals surface area contributed by atoms with Crippen molar-refractivity contribution in [2.24, 2.45) is 16.8 Å². The number of carbonyl (C=O) groups excluding carboxylic acids is 5. The van der Waals surface area contributed by atoms with Crippen LogP contribution in [0.4, 0.5) is 15.3 Å². The highest BCUT2D eigenvalue weighted by atomic mass is 16.5. The molecule has 60 heavy (non-hydrogen) atoms. The number of aliphatic imine (C=N–C) groups is 1. The van der Waals surface area contributed by atoms with Gasteiger partial charge < -0.3 is 39.6 Å². The molecule has 4 atom stereocenters. The van der Waals surface area contributed by atoms with E-state index in [0.717, 1.165) is 70.4 Å². The molecule has 0 unspecified atom stereocenters. The number of rotatable bonds is 11. The summed E-state index contributed by atoms with van der Waals surface area (Å²) in [7, 11) is 3.92. The maximum absolute atomic E-state index is 13.7. The summed E-state index contributed by atoms with van der Waals surface area (Å²) in [5, 5.41) is 5.40. The summed E-state index contributed by atoms with van der Waals surface area (Å²) < 4.78 is 14.8. The quantitative estimate of drug-likeness (QED) is 0.109. The Morgan fingerprint density at radius 3 is 1.92 bits per heavy atom. The standard InChI is InChI=1S/C45H53N7O8/c1-24(2)38(49-44(56)59-6)41(53)51-18-8-10-36(51)35-23-29-20-26(13-16-32(29)46-35)27-12-15-30(31(21-27)43(55)58-5)28-14-17-33-34(22-28)48-40(47-33)37-11-9-19-52(37)42(54)39(25(3)4)50-45(57)60-7/h12-17,20-22,24-25,36-39H,8-11,18-19,23H2,1-7H3,(H,47,48)(H,49,56)(H,50,57)/t36-,37-,38-,39-/m0/s1. The number of nitrogens with zero attached hydrogens (tertiary/aromatic N) is 4. The predicted octanol–water partition coefficient (Wildman–Crippen LogP) is 6.73. The average Bonchev–Trinajstić information content (AvgIpc) is 4.08. The van der Waals surface area contributed by atoms with Gasteiger partial charge in [0.2, 0.25) is 11.8 Å². The van der Waals surface area contributed by atoms with Crippen LogP contribution in [0, 0.1) is 11.8 Å². The van der Waals surface area contributed by atoms with Crippen LogP contribution < -0.4 is 10.6 Å². The van der Waals surface area contributed by atoms with E-state index in [9.17, 15) is 24.0 Å². The second kappa shape index (κ2) is 17.5. The first kappa shape index (κ1) is 41.9. The van der Waals surface area contributed by atoms with Crippen LogP contribution >= 0.6 is 0 Å². The van der Waals surface area contributed by atoms with E-state index >= 15 is 0 Å². The van der Waals surface area contributed by atoms with Crippen molar-refractivity contribution in [3.8, 4) is 22.3 Å². The van der Waals surface area contributed by atoms with Gasteiger partial charge in [-0.3, -0.25) is 14.6 Å². The highest BCUT2D eigenvalue weighted by Gasteiger charge is 2.40.